The molecule has 2 amide bonds. The molecule has 0 aliphatic carbocycles. The molecule has 0 radical (unpaired) electrons. The second-order valence-electron chi connectivity index (χ2n) is 9.49. The van der Waals surface area contributed by atoms with Crippen LogP contribution in [0.2, 0.25) is 0 Å². The summed E-state index contributed by atoms with van der Waals surface area (Å²) in [6, 6.07) is 16.4. The number of hydrogen-bond acceptors (Lipinski definition) is 5. The van der Waals surface area contributed by atoms with Gasteiger partial charge in [0.25, 0.3) is 0 Å². The van der Waals surface area contributed by atoms with Gasteiger partial charge in [-0.2, -0.15) is 0 Å². The van der Waals surface area contributed by atoms with Gasteiger partial charge in [-0.1, -0.05) is 36.4 Å². The number of benzene rings is 2. The molecule has 36 heavy (non-hydrogen) atoms. The van der Waals surface area contributed by atoms with Crippen molar-refractivity contribution < 1.29 is 24.2 Å². The lowest BCUT2D eigenvalue weighted by Crippen LogP contribution is -2.36. The summed E-state index contributed by atoms with van der Waals surface area (Å²) in [7, 11) is 1.58. The maximum atomic E-state index is 13.2. The Hall–Kier alpha value is -4.07. The van der Waals surface area contributed by atoms with Crippen molar-refractivity contribution in [3.8, 4) is 5.75 Å². The van der Waals surface area contributed by atoms with E-state index in [0.717, 1.165) is 16.7 Å². The number of anilines is 2. The predicted molar refractivity (Wildman–Crippen MR) is 140 cm³/mol. The molecule has 8 nitrogen and oxygen atoms in total. The SMILES string of the molecule is COc1c(C)cnc(CN(C(=O)O)c2cccc(N(Cc3ccccc3)C(=O)OC(C)(C)C)c2)c1C. The lowest BCUT2D eigenvalue weighted by atomic mass is 10.1. The third-order valence-corrected chi connectivity index (χ3v) is 5.54. The van der Waals surface area contributed by atoms with E-state index in [1.54, 1.807) is 58.3 Å². The van der Waals surface area contributed by atoms with Gasteiger partial charge >= 0.3 is 12.2 Å². The van der Waals surface area contributed by atoms with Crippen LogP contribution in [0.3, 0.4) is 0 Å². The predicted octanol–water partition coefficient (Wildman–Crippen LogP) is 6.33. The van der Waals surface area contributed by atoms with E-state index >= 15 is 0 Å². The van der Waals surface area contributed by atoms with Crippen molar-refractivity contribution in [3.63, 3.8) is 0 Å². The number of hydrogen-bond donors (Lipinski definition) is 1. The van der Waals surface area contributed by atoms with E-state index in [1.807, 2.05) is 44.2 Å². The van der Waals surface area contributed by atoms with Crippen LogP contribution in [0.4, 0.5) is 21.0 Å². The molecule has 0 aliphatic rings. The lowest BCUT2D eigenvalue weighted by Gasteiger charge is -2.28. The summed E-state index contributed by atoms with van der Waals surface area (Å²) >= 11 is 0. The van der Waals surface area contributed by atoms with Crippen molar-refractivity contribution in [1.82, 2.24) is 4.98 Å². The monoisotopic (exact) mass is 491 g/mol. The van der Waals surface area contributed by atoms with Gasteiger partial charge in [-0.05, 0) is 58.4 Å². The van der Waals surface area contributed by atoms with Crippen molar-refractivity contribution in [1.29, 1.82) is 0 Å². The van der Waals surface area contributed by atoms with Crippen molar-refractivity contribution in [2.75, 3.05) is 16.9 Å². The van der Waals surface area contributed by atoms with E-state index in [4.69, 9.17) is 9.47 Å². The van der Waals surface area contributed by atoms with Gasteiger partial charge in [0, 0.05) is 28.7 Å². The summed E-state index contributed by atoms with van der Waals surface area (Å²) in [5.41, 5.74) is 3.37. The zero-order valence-corrected chi connectivity index (χ0v) is 21.6. The highest BCUT2D eigenvalue weighted by Crippen LogP contribution is 2.29. The minimum Gasteiger partial charge on any atom is -0.496 e. The van der Waals surface area contributed by atoms with Crippen LogP contribution in [-0.4, -0.2) is 35.0 Å². The quantitative estimate of drug-likeness (QED) is 0.415. The molecule has 0 fully saturated rings. The number of carboxylic acid groups (broad SMARTS) is 1. The zero-order valence-electron chi connectivity index (χ0n) is 21.6. The molecule has 3 aromatic rings. The first-order chi connectivity index (χ1) is 17.0. The Kier molecular flexibility index (Phi) is 8.19. The molecule has 0 saturated carbocycles. The first kappa shape index (κ1) is 26.5. The molecule has 0 saturated heterocycles. The standard InChI is InChI=1S/C28H33N3O5/c1-19-16-29-24(20(2)25(19)35-6)18-30(26(32)33)22-13-10-14-23(15-22)31(27(34)36-28(3,4)5)17-21-11-8-7-9-12-21/h7-16H,17-18H2,1-6H3,(H,32,33). The summed E-state index contributed by atoms with van der Waals surface area (Å²) in [5, 5.41) is 10.0. The smallest absolute Gasteiger partial charge is 0.415 e. The Labute approximate surface area is 212 Å². The molecule has 0 spiro atoms. The van der Waals surface area contributed by atoms with Crippen LogP contribution in [0.5, 0.6) is 5.75 Å². The normalized spacial score (nSPS) is 11.1. The van der Waals surface area contributed by atoms with Crippen LogP contribution in [0.15, 0.2) is 60.8 Å². The van der Waals surface area contributed by atoms with E-state index in [-0.39, 0.29) is 13.1 Å². The summed E-state index contributed by atoms with van der Waals surface area (Å²) < 4.78 is 11.1. The first-order valence-electron chi connectivity index (χ1n) is 11.6. The van der Waals surface area contributed by atoms with E-state index in [1.165, 1.54) is 9.80 Å². The summed E-state index contributed by atoms with van der Waals surface area (Å²) in [6.07, 6.45) is 0.00720. The van der Waals surface area contributed by atoms with Crippen LogP contribution in [0.1, 0.15) is 43.2 Å². The van der Waals surface area contributed by atoms with Gasteiger partial charge in [0.05, 0.1) is 25.9 Å². The highest BCUT2D eigenvalue weighted by atomic mass is 16.6. The average Bonchev–Trinajstić information content (AvgIpc) is 2.82. The first-order valence-corrected chi connectivity index (χ1v) is 11.6. The van der Waals surface area contributed by atoms with E-state index < -0.39 is 17.8 Å². The summed E-state index contributed by atoms with van der Waals surface area (Å²) in [6.45, 7) is 9.44. The van der Waals surface area contributed by atoms with E-state index in [2.05, 4.69) is 4.98 Å². The number of amides is 2. The number of rotatable bonds is 7. The van der Waals surface area contributed by atoms with Crippen LogP contribution >= 0.6 is 0 Å². The molecule has 1 heterocycles. The molecule has 1 N–H and O–H groups in total. The average molecular weight is 492 g/mol. The minimum absolute atomic E-state index is 0.0202. The molecular weight excluding hydrogens is 458 g/mol. The van der Waals surface area contributed by atoms with Crippen LogP contribution < -0.4 is 14.5 Å². The fraction of sp³-hybridized carbons (Fsp3) is 0.321. The van der Waals surface area contributed by atoms with Crippen LogP contribution in [0, 0.1) is 13.8 Å². The Morgan fingerprint density at radius 3 is 2.17 bits per heavy atom. The third-order valence-electron chi connectivity index (χ3n) is 5.54. The number of ether oxygens (including phenoxy) is 2. The molecular formula is C28H33N3O5. The highest BCUT2D eigenvalue weighted by Gasteiger charge is 2.25. The number of carbonyl (C=O) groups is 2. The topological polar surface area (TPSA) is 92.2 Å². The number of aryl methyl sites for hydroxylation is 1. The molecule has 0 bridgehead atoms. The van der Waals surface area contributed by atoms with Gasteiger partial charge < -0.3 is 14.6 Å². The maximum Gasteiger partial charge on any atom is 0.415 e. The molecule has 8 heteroatoms. The number of pyridine rings is 1. The number of aromatic nitrogens is 1. The molecule has 2 aromatic carbocycles. The van der Waals surface area contributed by atoms with E-state index in [9.17, 15) is 14.7 Å². The largest absolute Gasteiger partial charge is 0.496 e. The van der Waals surface area contributed by atoms with Crippen molar-refractivity contribution in [2.45, 2.75) is 53.3 Å². The van der Waals surface area contributed by atoms with Gasteiger partial charge in [-0.3, -0.25) is 14.8 Å². The van der Waals surface area contributed by atoms with Gasteiger partial charge in [0.2, 0.25) is 0 Å². The van der Waals surface area contributed by atoms with Crippen molar-refractivity contribution in [2.24, 2.45) is 0 Å². The maximum absolute atomic E-state index is 13.2. The Morgan fingerprint density at radius 1 is 0.944 bits per heavy atom. The zero-order chi connectivity index (χ0) is 26.5. The van der Waals surface area contributed by atoms with Crippen molar-refractivity contribution >= 4 is 23.6 Å². The van der Waals surface area contributed by atoms with Crippen LogP contribution in [-0.2, 0) is 17.8 Å². The summed E-state index contributed by atoms with van der Waals surface area (Å²) in [5.74, 6) is 0.679. The molecule has 0 aliphatic heterocycles. The fourth-order valence-electron chi connectivity index (χ4n) is 3.82. The number of nitrogens with zero attached hydrogens (tertiary/aromatic N) is 3. The van der Waals surface area contributed by atoms with Gasteiger partial charge in [0.1, 0.15) is 11.4 Å². The number of methoxy groups -OCH3 is 1. The van der Waals surface area contributed by atoms with Gasteiger partial charge in [-0.25, -0.2) is 9.59 Å². The van der Waals surface area contributed by atoms with Crippen LogP contribution in [0.25, 0.3) is 0 Å². The molecule has 0 unspecified atom stereocenters. The molecule has 190 valence electrons. The fourth-order valence-corrected chi connectivity index (χ4v) is 3.82. The third kappa shape index (κ3) is 6.53. The summed E-state index contributed by atoms with van der Waals surface area (Å²) in [4.78, 5) is 32.6. The second kappa shape index (κ2) is 11.1. The lowest BCUT2D eigenvalue weighted by molar-refractivity contribution is 0.0577. The van der Waals surface area contributed by atoms with Crippen molar-refractivity contribution in [3.05, 3.63) is 83.2 Å². The van der Waals surface area contributed by atoms with E-state index in [0.29, 0.717) is 22.8 Å². The second-order valence-corrected chi connectivity index (χ2v) is 9.49. The molecule has 1 aromatic heterocycles. The molecule has 0 atom stereocenters. The Balaban J connectivity index is 1.99. The Bertz CT molecular complexity index is 1220. The minimum atomic E-state index is -1.14. The van der Waals surface area contributed by atoms with Gasteiger partial charge in [-0.15, -0.1) is 0 Å². The molecule has 3 rings (SSSR count). The highest BCUT2D eigenvalue weighted by molar-refractivity contribution is 5.91. The van der Waals surface area contributed by atoms with Gasteiger partial charge in [0.15, 0.2) is 0 Å². The number of carbonyl (C=O) groups excluding carboxylic acids is 1. The Morgan fingerprint density at radius 2 is 1.58 bits per heavy atom.